The molecule has 198 valence electrons. The molecular weight excluding hydrogens is 494 g/mol. The molecule has 4 fully saturated rings. The van der Waals surface area contributed by atoms with Gasteiger partial charge in [-0.1, -0.05) is 19.1 Å². The van der Waals surface area contributed by atoms with E-state index in [-0.39, 0.29) is 41.5 Å². The number of anilines is 1. The van der Waals surface area contributed by atoms with E-state index in [4.69, 9.17) is 4.74 Å². The second-order valence-corrected chi connectivity index (χ2v) is 13.1. The summed E-state index contributed by atoms with van der Waals surface area (Å²) < 4.78 is 60.5. The second-order valence-electron chi connectivity index (χ2n) is 11.1. The van der Waals surface area contributed by atoms with Crippen LogP contribution < -0.4 is 4.72 Å². The Morgan fingerprint density at radius 2 is 1.77 bits per heavy atom. The number of likely N-dealkylation sites (tertiary alicyclic amines) is 1. The monoisotopic (exact) mass is 532 g/mol. The lowest BCUT2D eigenvalue weighted by atomic mass is 9.79. The molecule has 1 aliphatic heterocycles. The van der Waals surface area contributed by atoms with E-state index >= 15 is 0 Å². The van der Waals surface area contributed by atoms with Crippen LogP contribution in [-0.4, -0.2) is 56.8 Å². The van der Waals surface area contributed by atoms with E-state index in [9.17, 15) is 17.2 Å². The maximum absolute atomic E-state index is 13.6. The molecule has 3 aliphatic carbocycles. The number of sulfonamides is 1. The van der Waals surface area contributed by atoms with Crippen molar-refractivity contribution in [1.82, 2.24) is 4.90 Å². The first-order chi connectivity index (χ1) is 16.1. The van der Waals surface area contributed by atoms with E-state index in [2.05, 4.69) is 22.6 Å². The van der Waals surface area contributed by atoms with Gasteiger partial charge in [-0.3, -0.25) is 4.72 Å². The molecule has 9 heteroatoms. The molecule has 5 nitrogen and oxygen atoms in total. The van der Waals surface area contributed by atoms with Gasteiger partial charge in [0, 0.05) is 44.1 Å². The third-order valence-corrected chi connectivity index (χ3v) is 11.1. The number of fused-ring (bicyclic) bond motifs is 1. The summed E-state index contributed by atoms with van der Waals surface area (Å²) in [6.07, 6.45) is 5.13. The average molecular weight is 533 g/mol. The Morgan fingerprint density at radius 1 is 1.11 bits per heavy atom. The van der Waals surface area contributed by atoms with Gasteiger partial charge in [-0.05, 0) is 81.0 Å². The quantitative estimate of drug-likeness (QED) is 0.426. The number of hydrogen-bond acceptors (Lipinski definition) is 4. The van der Waals surface area contributed by atoms with Crippen LogP contribution in [0.25, 0.3) is 0 Å². The Kier molecular flexibility index (Phi) is 7.53. The molecule has 1 N–H and O–H groups in total. The predicted octanol–water partition coefficient (Wildman–Crippen LogP) is 5.60. The van der Waals surface area contributed by atoms with Crippen LogP contribution in [0.3, 0.4) is 0 Å². The number of benzene rings is 1. The third kappa shape index (κ3) is 5.23. The zero-order valence-corrected chi connectivity index (χ0v) is 22.4. The molecule has 1 saturated heterocycles. The molecule has 35 heavy (non-hydrogen) atoms. The summed E-state index contributed by atoms with van der Waals surface area (Å²) in [6, 6.07) is 8.03. The topological polar surface area (TPSA) is 58.6 Å². The molecule has 2 unspecified atom stereocenters. The Morgan fingerprint density at radius 3 is 2.34 bits per heavy atom. The molecule has 1 aromatic rings. The molecule has 0 spiro atoms. The molecule has 0 radical (unpaired) electrons. The highest BCUT2D eigenvalue weighted by Crippen LogP contribution is 2.65. The number of halogens is 3. The van der Waals surface area contributed by atoms with Gasteiger partial charge >= 0.3 is 0 Å². The lowest BCUT2D eigenvalue weighted by Gasteiger charge is -2.39. The van der Waals surface area contributed by atoms with Crippen molar-refractivity contribution in [2.45, 2.75) is 86.9 Å². The number of alkyl halides is 2. The number of piperidine rings is 1. The van der Waals surface area contributed by atoms with Crippen LogP contribution in [0.2, 0.25) is 0 Å². The Balaban J connectivity index is 0.00000289. The maximum atomic E-state index is 13.6. The van der Waals surface area contributed by atoms with Gasteiger partial charge < -0.3 is 9.64 Å². The van der Waals surface area contributed by atoms with Crippen LogP contribution in [0.1, 0.15) is 70.3 Å². The molecule has 0 aromatic heterocycles. The van der Waals surface area contributed by atoms with E-state index in [1.54, 1.807) is 7.11 Å². The van der Waals surface area contributed by atoms with Gasteiger partial charge in [-0.2, -0.15) is 0 Å². The molecule has 1 aromatic carbocycles. The molecule has 3 saturated carbocycles. The minimum Gasteiger partial charge on any atom is -0.378 e. The standard InChI is InChI=1S/C26H38F2N2O3S.ClH/c1-3-26(19-6-4-7-20(16-19)29-34(31,32)21-8-9-21)22-17-30(18-23(22)26)15-5-10-24(33-2)11-13-25(27,28)14-12-24;/h4,6-7,16,21-23,29H,3,5,8-15,17-18H2,1-2H3;1H. The number of rotatable bonds is 10. The average Bonchev–Trinajstić information content (AvgIpc) is 3.71. The highest BCUT2D eigenvalue weighted by molar-refractivity contribution is 7.93. The second kappa shape index (κ2) is 9.73. The summed E-state index contributed by atoms with van der Waals surface area (Å²) in [6.45, 7) is 5.32. The minimum absolute atomic E-state index is 0. The van der Waals surface area contributed by atoms with Crippen LogP contribution in [0, 0.1) is 11.8 Å². The van der Waals surface area contributed by atoms with Gasteiger partial charge in [0.25, 0.3) is 0 Å². The normalized spacial score (nSPS) is 31.4. The van der Waals surface area contributed by atoms with E-state index in [0.717, 1.165) is 51.7 Å². The molecule has 5 rings (SSSR count). The van der Waals surface area contributed by atoms with Crippen molar-refractivity contribution < 1.29 is 21.9 Å². The first-order valence-electron chi connectivity index (χ1n) is 12.9. The smallest absolute Gasteiger partial charge is 0.248 e. The largest absolute Gasteiger partial charge is 0.378 e. The van der Waals surface area contributed by atoms with E-state index < -0.39 is 15.9 Å². The van der Waals surface area contributed by atoms with Crippen molar-refractivity contribution in [3.63, 3.8) is 0 Å². The van der Waals surface area contributed by atoms with Crippen molar-refractivity contribution in [3.05, 3.63) is 29.8 Å². The fourth-order valence-corrected chi connectivity index (χ4v) is 8.28. The van der Waals surface area contributed by atoms with Crippen molar-refractivity contribution in [3.8, 4) is 0 Å². The number of ether oxygens (including phenoxy) is 1. The Bertz CT molecular complexity index is 996. The molecule has 1 heterocycles. The predicted molar refractivity (Wildman–Crippen MR) is 137 cm³/mol. The Labute approximate surface area is 214 Å². The first-order valence-corrected chi connectivity index (χ1v) is 14.5. The summed E-state index contributed by atoms with van der Waals surface area (Å²) in [5, 5.41) is -0.229. The number of nitrogens with one attached hydrogen (secondary N) is 1. The number of nitrogens with zero attached hydrogens (tertiary/aromatic N) is 1. The summed E-state index contributed by atoms with van der Waals surface area (Å²) in [4.78, 5) is 2.52. The van der Waals surface area contributed by atoms with Gasteiger partial charge in [0.05, 0.1) is 10.9 Å². The fourth-order valence-electron chi connectivity index (χ4n) is 6.91. The molecule has 0 amide bonds. The summed E-state index contributed by atoms with van der Waals surface area (Å²) >= 11 is 0. The van der Waals surface area contributed by atoms with Crippen LogP contribution in [0.4, 0.5) is 14.5 Å². The van der Waals surface area contributed by atoms with Crippen LogP contribution in [0.15, 0.2) is 24.3 Å². The van der Waals surface area contributed by atoms with Crippen LogP contribution in [-0.2, 0) is 20.2 Å². The van der Waals surface area contributed by atoms with Gasteiger partial charge in [0.2, 0.25) is 15.9 Å². The van der Waals surface area contributed by atoms with Crippen molar-refractivity contribution in [2.24, 2.45) is 11.8 Å². The minimum atomic E-state index is -3.26. The van der Waals surface area contributed by atoms with Crippen LogP contribution in [0.5, 0.6) is 0 Å². The van der Waals surface area contributed by atoms with Crippen LogP contribution >= 0.6 is 12.4 Å². The molecule has 0 bridgehead atoms. The third-order valence-electron chi connectivity index (χ3n) is 9.25. The van der Waals surface area contributed by atoms with Gasteiger partial charge in [0.1, 0.15) is 0 Å². The lowest BCUT2D eigenvalue weighted by Crippen LogP contribution is -2.41. The summed E-state index contributed by atoms with van der Waals surface area (Å²) in [7, 11) is -1.59. The summed E-state index contributed by atoms with van der Waals surface area (Å²) in [5.41, 5.74) is 1.69. The SMILES string of the molecule is CCC1(c2cccc(NS(=O)(=O)C3CC3)c2)C2CN(CCCC3(OC)CCC(F)(F)CC3)CC21.Cl. The van der Waals surface area contributed by atoms with Crippen molar-refractivity contribution in [1.29, 1.82) is 0 Å². The molecule has 4 aliphatic rings. The van der Waals surface area contributed by atoms with Gasteiger partial charge in [0.15, 0.2) is 0 Å². The van der Waals surface area contributed by atoms with Gasteiger partial charge in [-0.15, -0.1) is 12.4 Å². The van der Waals surface area contributed by atoms with E-state index in [0.29, 0.717) is 30.4 Å². The van der Waals surface area contributed by atoms with E-state index in [1.165, 1.54) is 5.56 Å². The van der Waals surface area contributed by atoms with Crippen molar-refractivity contribution in [2.75, 3.05) is 31.5 Å². The maximum Gasteiger partial charge on any atom is 0.248 e. The lowest BCUT2D eigenvalue weighted by molar-refractivity contribution is -0.122. The van der Waals surface area contributed by atoms with E-state index in [1.807, 2.05) is 18.2 Å². The number of methoxy groups -OCH3 is 1. The highest BCUT2D eigenvalue weighted by Gasteiger charge is 2.67. The fraction of sp³-hybridized carbons (Fsp3) is 0.769. The molecular formula is C26H39ClF2N2O3S. The summed E-state index contributed by atoms with van der Waals surface area (Å²) in [5.74, 6) is -1.34. The highest BCUT2D eigenvalue weighted by atomic mass is 35.5. The zero-order valence-electron chi connectivity index (χ0n) is 20.8. The molecule has 2 atom stereocenters. The Hall–Kier alpha value is -0.960. The zero-order chi connectivity index (χ0) is 24.2. The first kappa shape index (κ1) is 27.1. The van der Waals surface area contributed by atoms with Crippen molar-refractivity contribution >= 4 is 28.1 Å². The van der Waals surface area contributed by atoms with Gasteiger partial charge in [-0.25, -0.2) is 17.2 Å². The number of hydrogen-bond donors (Lipinski definition) is 1.